The molecule has 2 saturated carbocycles. The maximum Gasteiger partial charge on any atom is 0.326 e. The minimum atomic E-state index is -0.988. The summed E-state index contributed by atoms with van der Waals surface area (Å²) in [4.78, 5) is 62.2. The Morgan fingerprint density at radius 3 is 2.35 bits per heavy atom. The smallest absolute Gasteiger partial charge is 0.326 e. The Morgan fingerprint density at radius 1 is 1.00 bits per heavy atom. The topological polar surface area (TPSA) is 142 Å². The molecule has 1 aromatic rings. The van der Waals surface area contributed by atoms with E-state index in [2.05, 4.69) is 20.6 Å². The predicted octanol–water partition coefficient (Wildman–Crippen LogP) is 2.40. The molecule has 1 aliphatic heterocycles. The van der Waals surface area contributed by atoms with Crippen LogP contribution in [0.5, 0.6) is 0 Å². The molecule has 3 fully saturated rings. The van der Waals surface area contributed by atoms with Crippen molar-refractivity contribution in [3.05, 3.63) is 24.3 Å². The van der Waals surface area contributed by atoms with Gasteiger partial charge in [-0.2, -0.15) is 0 Å². The largest absolute Gasteiger partial charge is 0.480 e. The van der Waals surface area contributed by atoms with E-state index in [9.17, 15) is 24.3 Å². The van der Waals surface area contributed by atoms with Gasteiger partial charge < -0.3 is 20.6 Å². The molecule has 10 heteroatoms. The van der Waals surface area contributed by atoms with Gasteiger partial charge in [0.1, 0.15) is 23.8 Å². The van der Waals surface area contributed by atoms with Crippen LogP contribution in [0, 0.1) is 23.2 Å². The second-order valence-corrected chi connectivity index (χ2v) is 11.9. The highest BCUT2D eigenvalue weighted by atomic mass is 16.4. The molecule has 2 aliphatic carbocycles. The van der Waals surface area contributed by atoms with Gasteiger partial charge in [0.2, 0.25) is 11.8 Å². The second-order valence-electron chi connectivity index (χ2n) is 11.9. The summed E-state index contributed by atoms with van der Waals surface area (Å²) < 4.78 is 0. The molecule has 0 bridgehead atoms. The van der Waals surface area contributed by atoms with E-state index in [-0.39, 0.29) is 29.4 Å². The molecule has 2 heterocycles. The van der Waals surface area contributed by atoms with Crippen LogP contribution in [-0.4, -0.2) is 68.3 Å². The lowest BCUT2D eigenvalue weighted by Gasteiger charge is -2.37. The molecule has 3 amide bonds. The van der Waals surface area contributed by atoms with Gasteiger partial charge in [-0.1, -0.05) is 46.5 Å². The average molecular weight is 514 g/mol. The minimum Gasteiger partial charge on any atom is -0.480 e. The van der Waals surface area contributed by atoms with Crippen LogP contribution in [0.3, 0.4) is 0 Å². The number of amides is 3. The normalized spacial score (nSPS) is 25.7. The SMILES string of the molecule is CC(C)(C)C(NC(=O)[C@@H](NC(=O)c1cnccn1)C1CCCCC1)C(=O)N1C[C@@H]2CCC[C@@H]2C1C(=O)O. The van der Waals surface area contributed by atoms with Gasteiger partial charge >= 0.3 is 5.97 Å². The standard InChI is InChI=1S/C27H39N5O5/c1-27(2,3)22(25(35)32-15-17-10-7-11-18(17)21(32)26(36)37)31-24(34)20(16-8-5-4-6-9-16)30-23(33)19-14-28-12-13-29-19/h12-14,16-18,20-22H,4-11,15H2,1-3H3,(H,30,33)(H,31,34)(H,36,37)/t17-,18-,20-,21?,22?/m0/s1. The van der Waals surface area contributed by atoms with Crippen LogP contribution in [0.4, 0.5) is 0 Å². The van der Waals surface area contributed by atoms with E-state index >= 15 is 0 Å². The molecule has 202 valence electrons. The van der Waals surface area contributed by atoms with Crippen molar-refractivity contribution in [1.82, 2.24) is 25.5 Å². The summed E-state index contributed by atoms with van der Waals surface area (Å²) >= 11 is 0. The number of fused-ring (bicyclic) bond motifs is 1. The number of carbonyl (C=O) groups is 4. The Kier molecular flexibility index (Phi) is 8.14. The van der Waals surface area contributed by atoms with Crippen molar-refractivity contribution in [2.24, 2.45) is 23.2 Å². The first kappa shape index (κ1) is 27.0. The lowest BCUT2D eigenvalue weighted by molar-refractivity contribution is -0.152. The van der Waals surface area contributed by atoms with Crippen molar-refractivity contribution in [2.45, 2.75) is 90.3 Å². The summed E-state index contributed by atoms with van der Waals surface area (Å²) in [5.41, 5.74) is -0.549. The van der Waals surface area contributed by atoms with Crippen LogP contribution in [0.25, 0.3) is 0 Å². The number of carboxylic acids is 1. The molecule has 5 atom stereocenters. The van der Waals surface area contributed by atoms with Gasteiger partial charge in [0.05, 0.1) is 6.20 Å². The molecule has 37 heavy (non-hydrogen) atoms. The first-order valence-electron chi connectivity index (χ1n) is 13.5. The third-order valence-corrected chi connectivity index (χ3v) is 8.31. The molecule has 10 nitrogen and oxygen atoms in total. The fourth-order valence-electron chi connectivity index (χ4n) is 6.39. The molecule has 4 rings (SSSR count). The fraction of sp³-hybridized carbons (Fsp3) is 0.704. The van der Waals surface area contributed by atoms with Crippen LogP contribution in [0.15, 0.2) is 18.6 Å². The molecular weight excluding hydrogens is 474 g/mol. The Labute approximate surface area is 218 Å². The number of hydrogen-bond acceptors (Lipinski definition) is 6. The number of carboxylic acid groups (broad SMARTS) is 1. The lowest BCUT2D eigenvalue weighted by atomic mass is 9.82. The first-order chi connectivity index (χ1) is 17.6. The predicted molar refractivity (Wildman–Crippen MR) is 135 cm³/mol. The van der Waals surface area contributed by atoms with E-state index in [1.807, 2.05) is 20.8 Å². The van der Waals surface area contributed by atoms with E-state index in [1.165, 1.54) is 23.5 Å². The van der Waals surface area contributed by atoms with E-state index in [4.69, 9.17) is 0 Å². The average Bonchev–Trinajstić information content (AvgIpc) is 3.47. The summed E-state index contributed by atoms with van der Waals surface area (Å²) in [6.45, 7) is 5.97. The van der Waals surface area contributed by atoms with Crippen LogP contribution in [-0.2, 0) is 14.4 Å². The lowest BCUT2D eigenvalue weighted by Crippen LogP contribution is -2.61. The fourth-order valence-corrected chi connectivity index (χ4v) is 6.39. The number of aliphatic carboxylic acids is 1. The summed E-state index contributed by atoms with van der Waals surface area (Å²) in [5.74, 6) is -2.20. The third kappa shape index (κ3) is 5.93. The number of carbonyl (C=O) groups excluding carboxylic acids is 3. The van der Waals surface area contributed by atoms with E-state index in [0.717, 1.165) is 51.4 Å². The Balaban J connectivity index is 1.56. The van der Waals surface area contributed by atoms with Crippen molar-refractivity contribution in [2.75, 3.05) is 6.54 Å². The highest BCUT2D eigenvalue weighted by Crippen LogP contribution is 2.43. The van der Waals surface area contributed by atoms with Crippen molar-refractivity contribution in [3.63, 3.8) is 0 Å². The highest BCUT2D eigenvalue weighted by molar-refractivity contribution is 5.97. The summed E-state index contributed by atoms with van der Waals surface area (Å²) in [6, 6.07) is -2.63. The van der Waals surface area contributed by atoms with Gasteiger partial charge in [0, 0.05) is 18.9 Å². The molecule has 0 spiro atoms. The van der Waals surface area contributed by atoms with Crippen molar-refractivity contribution in [1.29, 1.82) is 0 Å². The molecule has 1 saturated heterocycles. The van der Waals surface area contributed by atoms with Crippen molar-refractivity contribution >= 4 is 23.7 Å². The van der Waals surface area contributed by atoms with Gasteiger partial charge in [0.15, 0.2) is 0 Å². The second kappa shape index (κ2) is 11.1. The number of nitrogens with zero attached hydrogens (tertiary/aromatic N) is 3. The van der Waals surface area contributed by atoms with Gasteiger partial charge in [0.25, 0.3) is 5.91 Å². The minimum absolute atomic E-state index is 0.0426. The van der Waals surface area contributed by atoms with Crippen molar-refractivity contribution < 1.29 is 24.3 Å². The van der Waals surface area contributed by atoms with Crippen LogP contribution < -0.4 is 10.6 Å². The number of likely N-dealkylation sites (tertiary alicyclic amines) is 1. The summed E-state index contributed by atoms with van der Waals surface area (Å²) in [6.07, 6.45) is 11.5. The maximum absolute atomic E-state index is 13.9. The zero-order chi connectivity index (χ0) is 26.7. The zero-order valence-electron chi connectivity index (χ0n) is 22.0. The van der Waals surface area contributed by atoms with Gasteiger partial charge in [-0.25, -0.2) is 9.78 Å². The first-order valence-corrected chi connectivity index (χ1v) is 13.5. The molecular formula is C27H39N5O5. The molecule has 3 N–H and O–H groups in total. The number of rotatable bonds is 7. The number of hydrogen-bond donors (Lipinski definition) is 3. The molecule has 1 aromatic heterocycles. The summed E-state index contributed by atoms with van der Waals surface area (Å²) in [7, 11) is 0. The van der Waals surface area contributed by atoms with Crippen molar-refractivity contribution in [3.8, 4) is 0 Å². The Morgan fingerprint density at radius 2 is 1.73 bits per heavy atom. The molecule has 2 unspecified atom stereocenters. The van der Waals surface area contributed by atoms with E-state index < -0.39 is 41.3 Å². The zero-order valence-corrected chi connectivity index (χ0v) is 22.0. The van der Waals surface area contributed by atoms with Gasteiger partial charge in [-0.05, 0) is 48.9 Å². The van der Waals surface area contributed by atoms with E-state index in [1.54, 1.807) is 0 Å². The Bertz CT molecular complexity index is 1000. The summed E-state index contributed by atoms with van der Waals surface area (Å²) in [5, 5.41) is 15.8. The number of nitrogens with one attached hydrogen (secondary N) is 2. The van der Waals surface area contributed by atoms with Gasteiger partial charge in [-0.3, -0.25) is 19.4 Å². The molecule has 3 aliphatic rings. The quantitative estimate of drug-likeness (QED) is 0.508. The number of aromatic nitrogens is 2. The van der Waals surface area contributed by atoms with Gasteiger partial charge in [-0.15, -0.1) is 0 Å². The van der Waals surface area contributed by atoms with Crippen LogP contribution >= 0.6 is 0 Å². The van der Waals surface area contributed by atoms with Crippen LogP contribution in [0.1, 0.15) is 82.6 Å². The van der Waals surface area contributed by atoms with Crippen LogP contribution in [0.2, 0.25) is 0 Å². The molecule has 0 aromatic carbocycles. The maximum atomic E-state index is 13.9. The Hall–Kier alpha value is -3.04. The highest BCUT2D eigenvalue weighted by Gasteiger charge is 2.52. The monoisotopic (exact) mass is 513 g/mol. The molecule has 0 radical (unpaired) electrons. The third-order valence-electron chi connectivity index (χ3n) is 8.31. The van der Waals surface area contributed by atoms with E-state index in [0.29, 0.717) is 6.54 Å².